The summed E-state index contributed by atoms with van der Waals surface area (Å²) in [6, 6.07) is 2.04. The Hall–Kier alpha value is -1.32. The summed E-state index contributed by atoms with van der Waals surface area (Å²) in [5.74, 6) is -0.535. The van der Waals surface area contributed by atoms with E-state index < -0.39 is 5.97 Å². The van der Waals surface area contributed by atoms with Gasteiger partial charge in [0.2, 0.25) is 0 Å². The van der Waals surface area contributed by atoms with Crippen molar-refractivity contribution < 1.29 is 9.90 Å². The smallest absolute Gasteiger partial charge is 0.354 e. The second-order valence-electron chi connectivity index (χ2n) is 4.24. The van der Waals surface area contributed by atoms with Crippen LogP contribution in [0.1, 0.15) is 61.3 Å². The van der Waals surface area contributed by atoms with E-state index in [1.807, 2.05) is 0 Å². The molecule has 2 rings (SSSR count). The molecule has 0 aliphatic heterocycles. The van der Waals surface area contributed by atoms with Crippen molar-refractivity contribution in [1.82, 2.24) is 9.78 Å². The Morgan fingerprint density at radius 3 is 2.87 bits per heavy atom. The summed E-state index contributed by atoms with van der Waals surface area (Å²) < 4.78 is 1.68. The third-order valence-electron chi connectivity index (χ3n) is 2.98. The number of carboxylic acids is 1. The van der Waals surface area contributed by atoms with Gasteiger partial charge in [0.05, 0.1) is 11.7 Å². The third kappa shape index (κ3) is 1.89. The highest BCUT2D eigenvalue weighted by molar-refractivity contribution is 5.85. The van der Waals surface area contributed by atoms with E-state index in [1.165, 1.54) is 0 Å². The summed E-state index contributed by atoms with van der Waals surface area (Å²) >= 11 is 0. The standard InChI is InChI=1S/C11H16N2O2/c1-3-7(2)9-6-10(11(14)15)13(12-9)8-4-5-8/h6-8H,3-5H2,1-2H3,(H,14,15). The van der Waals surface area contributed by atoms with Gasteiger partial charge >= 0.3 is 5.97 Å². The van der Waals surface area contributed by atoms with E-state index in [1.54, 1.807) is 10.7 Å². The van der Waals surface area contributed by atoms with Crippen molar-refractivity contribution in [3.63, 3.8) is 0 Å². The SMILES string of the molecule is CCC(C)c1cc(C(=O)O)n(C2CC2)n1. The van der Waals surface area contributed by atoms with Crippen LogP contribution in [0.15, 0.2) is 6.07 Å². The quantitative estimate of drug-likeness (QED) is 0.826. The molecule has 1 aliphatic carbocycles. The molecule has 1 fully saturated rings. The molecule has 1 aliphatic rings. The molecule has 1 aromatic rings. The molecular weight excluding hydrogens is 192 g/mol. The van der Waals surface area contributed by atoms with Crippen molar-refractivity contribution >= 4 is 5.97 Å². The first-order valence-electron chi connectivity index (χ1n) is 5.46. The predicted molar refractivity (Wildman–Crippen MR) is 56.2 cm³/mol. The highest BCUT2D eigenvalue weighted by Gasteiger charge is 2.29. The topological polar surface area (TPSA) is 55.1 Å². The molecule has 0 saturated heterocycles. The van der Waals surface area contributed by atoms with Crippen LogP contribution >= 0.6 is 0 Å². The van der Waals surface area contributed by atoms with E-state index in [4.69, 9.17) is 5.11 Å². The second kappa shape index (κ2) is 3.68. The largest absolute Gasteiger partial charge is 0.477 e. The van der Waals surface area contributed by atoms with Gasteiger partial charge < -0.3 is 5.11 Å². The number of carboxylic acid groups (broad SMARTS) is 1. The van der Waals surface area contributed by atoms with E-state index in [9.17, 15) is 4.79 Å². The maximum Gasteiger partial charge on any atom is 0.354 e. The van der Waals surface area contributed by atoms with Crippen LogP contribution in [0, 0.1) is 0 Å². The number of aromatic carboxylic acids is 1. The summed E-state index contributed by atoms with van der Waals surface area (Å²) in [4.78, 5) is 11.0. The number of hydrogen-bond acceptors (Lipinski definition) is 2. The summed E-state index contributed by atoms with van der Waals surface area (Å²) in [6.45, 7) is 4.16. The second-order valence-corrected chi connectivity index (χ2v) is 4.24. The van der Waals surface area contributed by atoms with Crippen molar-refractivity contribution in [2.24, 2.45) is 0 Å². The molecule has 0 aromatic carbocycles. The molecule has 0 spiro atoms. The van der Waals surface area contributed by atoms with E-state index in [-0.39, 0.29) is 0 Å². The van der Waals surface area contributed by atoms with Crippen LogP contribution in [0.2, 0.25) is 0 Å². The van der Waals surface area contributed by atoms with Crippen LogP contribution < -0.4 is 0 Å². The minimum atomic E-state index is -0.871. The van der Waals surface area contributed by atoms with Gasteiger partial charge in [-0.1, -0.05) is 13.8 Å². The molecule has 0 bridgehead atoms. The lowest BCUT2D eigenvalue weighted by atomic mass is 10.1. The normalized spacial score (nSPS) is 17.7. The average molecular weight is 208 g/mol. The lowest BCUT2D eigenvalue weighted by Crippen LogP contribution is -2.08. The van der Waals surface area contributed by atoms with Crippen LogP contribution in [0.25, 0.3) is 0 Å². The highest BCUT2D eigenvalue weighted by atomic mass is 16.4. The Bertz CT molecular complexity index is 380. The Kier molecular flexibility index (Phi) is 2.50. The number of carbonyl (C=O) groups is 1. The number of rotatable bonds is 4. The molecule has 4 nitrogen and oxygen atoms in total. The minimum Gasteiger partial charge on any atom is -0.477 e. The molecule has 1 N–H and O–H groups in total. The average Bonchev–Trinajstić information content (AvgIpc) is 2.96. The molecule has 0 radical (unpaired) electrons. The maximum absolute atomic E-state index is 11.0. The van der Waals surface area contributed by atoms with Gasteiger partial charge in [-0.15, -0.1) is 0 Å². The van der Waals surface area contributed by atoms with Crippen LogP contribution in [0.5, 0.6) is 0 Å². The lowest BCUT2D eigenvalue weighted by molar-refractivity contribution is 0.0683. The molecule has 82 valence electrons. The van der Waals surface area contributed by atoms with E-state index in [0.717, 1.165) is 25.0 Å². The van der Waals surface area contributed by atoms with Gasteiger partial charge in [0, 0.05) is 0 Å². The first-order chi connectivity index (χ1) is 7.13. The Morgan fingerprint density at radius 2 is 2.40 bits per heavy atom. The zero-order chi connectivity index (χ0) is 11.0. The van der Waals surface area contributed by atoms with Gasteiger partial charge in [-0.2, -0.15) is 5.10 Å². The van der Waals surface area contributed by atoms with Crippen molar-refractivity contribution in [3.8, 4) is 0 Å². The molecule has 1 aromatic heterocycles. The van der Waals surface area contributed by atoms with Crippen LogP contribution in [-0.4, -0.2) is 20.9 Å². The third-order valence-corrected chi connectivity index (χ3v) is 2.98. The minimum absolute atomic E-state index is 0.328. The number of hydrogen-bond donors (Lipinski definition) is 1. The van der Waals surface area contributed by atoms with Crippen LogP contribution in [0.3, 0.4) is 0 Å². The zero-order valence-corrected chi connectivity index (χ0v) is 9.10. The Morgan fingerprint density at radius 1 is 1.73 bits per heavy atom. The molecule has 15 heavy (non-hydrogen) atoms. The fourth-order valence-corrected chi connectivity index (χ4v) is 1.62. The van der Waals surface area contributed by atoms with Gasteiger partial charge in [-0.05, 0) is 31.2 Å². The fraction of sp³-hybridized carbons (Fsp3) is 0.636. The Labute approximate surface area is 88.9 Å². The maximum atomic E-state index is 11.0. The molecule has 1 atom stereocenters. The van der Waals surface area contributed by atoms with Gasteiger partial charge in [-0.3, -0.25) is 4.68 Å². The van der Waals surface area contributed by atoms with Crippen molar-refractivity contribution in [1.29, 1.82) is 0 Å². The monoisotopic (exact) mass is 208 g/mol. The molecular formula is C11H16N2O2. The molecule has 1 unspecified atom stereocenters. The molecule has 1 heterocycles. The summed E-state index contributed by atoms with van der Waals surface area (Å²) in [5.41, 5.74) is 1.25. The highest BCUT2D eigenvalue weighted by Crippen LogP contribution is 2.36. The number of aromatic nitrogens is 2. The van der Waals surface area contributed by atoms with E-state index in [2.05, 4.69) is 18.9 Å². The van der Waals surface area contributed by atoms with Gasteiger partial charge in [0.25, 0.3) is 0 Å². The molecule has 1 saturated carbocycles. The fourth-order valence-electron chi connectivity index (χ4n) is 1.62. The van der Waals surface area contributed by atoms with Gasteiger partial charge in [0.1, 0.15) is 5.69 Å². The summed E-state index contributed by atoms with van der Waals surface area (Å²) in [7, 11) is 0. The first kappa shape index (κ1) is 10.2. The van der Waals surface area contributed by atoms with Gasteiger partial charge in [-0.25, -0.2) is 4.79 Å². The Balaban J connectivity index is 2.35. The van der Waals surface area contributed by atoms with Crippen molar-refractivity contribution in [3.05, 3.63) is 17.5 Å². The molecule has 0 amide bonds. The van der Waals surface area contributed by atoms with E-state index >= 15 is 0 Å². The van der Waals surface area contributed by atoms with E-state index in [0.29, 0.717) is 17.7 Å². The lowest BCUT2D eigenvalue weighted by Gasteiger charge is -2.03. The van der Waals surface area contributed by atoms with Crippen molar-refractivity contribution in [2.45, 2.75) is 45.1 Å². The van der Waals surface area contributed by atoms with Crippen molar-refractivity contribution in [2.75, 3.05) is 0 Å². The van der Waals surface area contributed by atoms with Crippen LogP contribution in [0.4, 0.5) is 0 Å². The predicted octanol–water partition coefficient (Wildman–Crippen LogP) is 2.43. The summed E-state index contributed by atoms with van der Waals surface area (Å²) in [6.07, 6.45) is 3.10. The van der Waals surface area contributed by atoms with Crippen LogP contribution in [-0.2, 0) is 0 Å². The van der Waals surface area contributed by atoms with Gasteiger partial charge in [0.15, 0.2) is 0 Å². The zero-order valence-electron chi connectivity index (χ0n) is 9.10. The first-order valence-corrected chi connectivity index (χ1v) is 5.46. The molecule has 4 heteroatoms. The summed E-state index contributed by atoms with van der Waals surface area (Å²) in [5, 5.41) is 13.4. The number of nitrogens with zero attached hydrogens (tertiary/aromatic N) is 2.